The summed E-state index contributed by atoms with van der Waals surface area (Å²) in [5.41, 5.74) is -4.56. The van der Waals surface area contributed by atoms with Crippen molar-refractivity contribution in [1.29, 1.82) is 0 Å². The Balaban J connectivity index is 1.75. The Bertz CT molecular complexity index is 908. The van der Waals surface area contributed by atoms with Crippen molar-refractivity contribution < 1.29 is 32.2 Å². The topological polar surface area (TPSA) is 80.0 Å². The van der Waals surface area contributed by atoms with Crippen molar-refractivity contribution in [2.24, 2.45) is 5.10 Å². The third kappa shape index (κ3) is 3.94. The molecule has 0 radical (unpaired) electrons. The summed E-state index contributed by atoms with van der Waals surface area (Å²) in [5, 5.41) is 17.4. The monoisotopic (exact) mass is 420 g/mol. The molecule has 2 aromatic rings. The Labute approximate surface area is 160 Å². The first kappa shape index (κ1) is 20.1. The van der Waals surface area contributed by atoms with Crippen LogP contribution in [-0.4, -0.2) is 50.1 Å². The fraction of sp³-hybridized carbons (Fsp3) is 0.312. The molecule has 12 heteroatoms. The Morgan fingerprint density at radius 2 is 2.07 bits per heavy atom. The number of ether oxygens (including phenoxy) is 1. The summed E-state index contributed by atoms with van der Waals surface area (Å²) < 4.78 is 58.6. The maximum Gasteiger partial charge on any atom is 0.297 e. The van der Waals surface area contributed by atoms with Crippen molar-refractivity contribution in [2.45, 2.75) is 31.7 Å². The summed E-state index contributed by atoms with van der Waals surface area (Å²) >= 11 is 5.83. The highest BCUT2D eigenvalue weighted by atomic mass is 35.5. The number of aromatic nitrogens is 2. The highest BCUT2D eigenvalue weighted by Gasteiger charge is 2.53. The molecule has 1 aromatic carbocycles. The summed E-state index contributed by atoms with van der Waals surface area (Å²) in [7, 11) is 0. The Hall–Kier alpha value is -2.66. The summed E-state index contributed by atoms with van der Waals surface area (Å²) in [4.78, 5) is 12.4. The van der Waals surface area contributed by atoms with Crippen LogP contribution in [0.2, 0.25) is 5.02 Å². The molecule has 0 unspecified atom stereocenters. The van der Waals surface area contributed by atoms with Gasteiger partial charge in [0.2, 0.25) is 5.72 Å². The van der Waals surface area contributed by atoms with E-state index in [0.29, 0.717) is 10.8 Å². The molecule has 0 saturated heterocycles. The molecule has 0 spiro atoms. The van der Waals surface area contributed by atoms with Crippen molar-refractivity contribution >= 4 is 23.2 Å². The van der Waals surface area contributed by atoms with E-state index in [-0.39, 0.29) is 17.4 Å². The van der Waals surface area contributed by atoms with Gasteiger partial charge in [-0.2, -0.15) is 15.2 Å². The van der Waals surface area contributed by atoms with Crippen molar-refractivity contribution in [3.63, 3.8) is 0 Å². The third-order valence-electron chi connectivity index (χ3n) is 3.85. The van der Waals surface area contributed by atoms with E-state index in [1.165, 1.54) is 10.9 Å². The third-order valence-corrected chi connectivity index (χ3v) is 4.08. The smallest absolute Gasteiger partial charge is 0.297 e. The van der Waals surface area contributed by atoms with E-state index in [0.717, 1.165) is 6.07 Å². The van der Waals surface area contributed by atoms with Crippen molar-refractivity contribution in [3.8, 4) is 5.75 Å². The number of alkyl halides is 4. The Kier molecular flexibility index (Phi) is 5.57. The predicted octanol–water partition coefficient (Wildman–Crippen LogP) is 2.99. The molecule has 1 N–H and O–H groups in total. The van der Waals surface area contributed by atoms with Gasteiger partial charge in [-0.3, -0.25) is 4.79 Å². The number of nitrogens with zero attached hydrogens (tertiary/aromatic N) is 4. The first-order valence-electron chi connectivity index (χ1n) is 7.83. The quantitative estimate of drug-likeness (QED) is 0.729. The first-order chi connectivity index (χ1) is 13.2. The molecule has 1 aliphatic rings. The predicted molar refractivity (Wildman–Crippen MR) is 89.5 cm³/mol. The van der Waals surface area contributed by atoms with Gasteiger partial charge < -0.3 is 9.84 Å². The maximum atomic E-state index is 13.2. The van der Waals surface area contributed by atoms with Crippen LogP contribution in [0, 0.1) is 0 Å². The zero-order valence-electron chi connectivity index (χ0n) is 14.0. The molecular weight excluding hydrogens is 408 g/mol. The molecule has 0 fully saturated rings. The molecule has 150 valence electrons. The lowest BCUT2D eigenvalue weighted by atomic mass is 10.1. The maximum absolute atomic E-state index is 13.2. The minimum atomic E-state index is -3.51. The van der Waals surface area contributed by atoms with Gasteiger partial charge in [-0.15, -0.1) is 0 Å². The highest BCUT2D eigenvalue weighted by molar-refractivity contribution is 6.30. The lowest BCUT2D eigenvalue weighted by Crippen LogP contribution is -2.51. The van der Waals surface area contributed by atoms with Gasteiger partial charge in [0.25, 0.3) is 18.8 Å². The second-order valence-corrected chi connectivity index (χ2v) is 6.27. The van der Waals surface area contributed by atoms with Crippen LogP contribution in [0.1, 0.15) is 16.9 Å². The van der Waals surface area contributed by atoms with Crippen LogP contribution in [0.15, 0.2) is 41.6 Å². The molecular formula is C16H13ClF4N4O3. The minimum absolute atomic E-state index is 0.0519. The van der Waals surface area contributed by atoms with Crippen LogP contribution in [0.25, 0.3) is 0 Å². The number of hydrogen-bond donors (Lipinski definition) is 1. The number of benzene rings is 1. The van der Waals surface area contributed by atoms with Gasteiger partial charge in [-0.1, -0.05) is 17.7 Å². The molecule has 0 bridgehead atoms. The van der Waals surface area contributed by atoms with Gasteiger partial charge in [-0.25, -0.2) is 22.2 Å². The summed E-state index contributed by atoms with van der Waals surface area (Å²) in [5.74, 6) is -0.825. The molecule has 1 atom stereocenters. The van der Waals surface area contributed by atoms with Crippen LogP contribution in [0.3, 0.4) is 0 Å². The number of halogens is 5. The average molecular weight is 421 g/mol. The lowest BCUT2D eigenvalue weighted by Gasteiger charge is -2.29. The van der Waals surface area contributed by atoms with Gasteiger partial charge in [0, 0.05) is 17.6 Å². The largest absolute Gasteiger partial charge is 0.471 e. The van der Waals surface area contributed by atoms with Crippen LogP contribution in [-0.2, 0) is 6.73 Å². The number of carbonyl (C=O) groups excluding carboxylic acids is 1. The number of hydrazone groups is 1. The van der Waals surface area contributed by atoms with Crippen LogP contribution in [0.4, 0.5) is 17.6 Å². The standard InChI is InChI=1S/C16H13ClF4N4O3/c17-9-2-1-3-10(6-9)28-8-24-5-4-11(22-24)14(26)25-16(27,15(20)21)7-12(23-25)13(18)19/h1-6,13,15,27H,7-8H2/t16-/m0/s1. The SMILES string of the molecule is O=C(c1ccn(COc2cccc(Cl)c2)n1)N1N=C(C(F)F)C[C@]1(O)C(F)F. The van der Waals surface area contributed by atoms with Crippen molar-refractivity contribution in [1.82, 2.24) is 14.8 Å². The molecule has 3 rings (SSSR count). The van der Waals surface area contributed by atoms with Gasteiger partial charge in [0.1, 0.15) is 11.5 Å². The second-order valence-electron chi connectivity index (χ2n) is 5.84. The summed E-state index contributed by atoms with van der Waals surface area (Å²) in [6, 6.07) is 7.64. The number of amides is 1. The van der Waals surface area contributed by atoms with Gasteiger partial charge in [-0.05, 0) is 24.3 Å². The van der Waals surface area contributed by atoms with E-state index in [2.05, 4.69) is 10.2 Å². The molecule has 1 amide bonds. The molecule has 7 nitrogen and oxygen atoms in total. The van der Waals surface area contributed by atoms with E-state index in [4.69, 9.17) is 16.3 Å². The lowest BCUT2D eigenvalue weighted by molar-refractivity contribution is -0.164. The first-order valence-corrected chi connectivity index (χ1v) is 8.21. The number of aliphatic hydroxyl groups is 1. The normalized spacial score (nSPS) is 19.4. The van der Waals surface area contributed by atoms with E-state index < -0.39 is 36.6 Å². The molecule has 2 heterocycles. The Morgan fingerprint density at radius 1 is 1.32 bits per heavy atom. The van der Waals surface area contributed by atoms with Gasteiger partial charge in [0.05, 0.1) is 0 Å². The molecule has 1 aromatic heterocycles. The fourth-order valence-corrected chi connectivity index (χ4v) is 2.64. The van der Waals surface area contributed by atoms with Gasteiger partial charge in [0.15, 0.2) is 12.4 Å². The van der Waals surface area contributed by atoms with E-state index in [1.54, 1.807) is 24.3 Å². The molecule has 1 aliphatic heterocycles. The zero-order chi connectivity index (χ0) is 20.5. The molecule has 0 saturated carbocycles. The fourth-order valence-electron chi connectivity index (χ4n) is 2.46. The van der Waals surface area contributed by atoms with Crippen molar-refractivity contribution in [3.05, 3.63) is 47.2 Å². The van der Waals surface area contributed by atoms with Crippen LogP contribution < -0.4 is 4.74 Å². The van der Waals surface area contributed by atoms with Gasteiger partial charge >= 0.3 is 0 Å². The molecule has 28 heavy (non-hydrogen) atoms. The minimum Gasteiger partial charge on any atom is -0.471 e. The summed E-state index contributed by atoms with van der Waals surface area (Å²) in [6.07, 6.45) is -6.55. The number of hydrogen-bond acceptors (Lipinski definition) is 5. The summed E-state index contributed by atoms with van der Waals surface area (Å²) in [6.45, 7) is -0.141. The van der Waals surface area contributed by atoms with Crippen molar-refractivity contribution in [2.75, 3.05) is 0 Å². The van der Waals surface area contributed by atoms with Crippen LogP contribution in [0.5, 0.6) is 5.75 Å². The second kappa shape index (κ2) is 7.76. The number of carbonyl (C=O) groups is 1. The van der Waals surface area contributed by atoms with E-state index in [1.807, 2.05) is 0 Å². The molecule has 0 aliphatic carbocycles. The van der Waals surface area contributed by atoms with Crippen LogP contribution >= 0.6 is 11.6 Å². The van der Waals surface area contributed by atoms with E-state index >= 15 is 0 Å². The Morgan fingerprint density at radius 3 is 2.71 bits per heavy atom. The van der Waals surface area contributed by atoms with E-state index in [9.17, 15) is 27.5 Å². The highest BCUT2D eigenvalue weighted by Crippen LogP contribution is 2.34. The zero-order valence-corrected chi connectivity index (χ0v) is 14.7. The average Bonchev–Trinajstić information content (AvgIpc) is 3.25. The number of rotatable bonds is 6.